The van der Waals surface area contributed by atoms with Gasteiger partial charge in [0.15, 0.2) is 0 Å². The molecule has 0 radical (unpaired) electrons. The van der Waals surface area contributed by atoms with E-state index in [9.17, 15) is 0 Å². The third-order valence-corrected chi connectivity index (χ3v) is 6.76. The first-order chi connectivity index (χ1) is 7.57. The molecule has 0 amide bonds. The minimum absolute atomic E-state index is 0. The Morgan fingerprint density at radius 1 is 1.33 bits per heavy atom. The minimum atomic E-state index is -0.463. The SMILES string of the molecule is CC(C)CC1=C[C](C)([Zr+2][C]2=CC=CC2)C=C1.[Cl-].[Cl-]. The summed E-state index contributed by atoms with van der Waals surface area (Å²) in [6.45, 7) is 7.02. The standard InChI is InChI=1S/C10H15.C5H5.2ClH.Zr/c1-8(2)6-10-5-4-9(3)7-10;1-2-4-5-3-1;;;/h4-5,7-8H,6H2,1-3H3;1-3H,4H2;2*1H;/q;;;;+2/p-2. The largest absolute Gasteiger partial charge is 1.00 e. The van der Waals surface area contributed by atoms with Gasteiger partial charge < -0.3 is 24.8 Å². The minimum Gasteiger partial charge on any atom is -1.00 e. The molecule has 2 rings (SSSR count). The molecule has 2 aliphatic rings. The summed E-state index contributed by atoms with van der Waals surface area (Å²) < 4.78 is 2.17. The van der Waals surface area contributed by atoms with Gasteiger partial charge in [-0.15, -0.1) is 0 Å². The van der Waals surface area contributed by atoms with E-state index in [2.05, 4.69) is 57.2 Å². The van der Waals surface area contributed by atoms with Gasteiger partial charge in [-0.25, -0.2) is 0 Å². The predicted octanol–water partition coefficient (Wildman–Crippen LogP) is -1.36. The van der Waals surface area contributed by atoms with Crippen molar-refractivity contribution < 1.29 is 48.0 Å². The van der Waals surface area contributed by atoms with Crippen molar-refractivity contribution in [3.63, 3.8) is 0 Å². The first-order valence-corrected chi connectivity index (χ1v) is 8.58. The smallest absolute Gasteiger partial charge is 1.00 e. The van der Waals surface area contributed by atoms with Gasteiger partial charge in [-0.2, -0.15) is 0 Å². The molecule has 1 atom stereocenters. The molecule has 0 N–H and O–H groups in total. The van der Waals surface area contributed by atoms with Crippen molar-refractivity contribution in [2.75, 3.05) is 0 Å². The third kappa shape index (κ3) is 5.19. The normalized spacial score (nSPS) is 24.2. The average Bonchev–Trinajstić information content (AvgIpc) is 2.76. The Morgan fingerprint density at radius 2 is 2.06 bits per heavy atom. The van der Waals surface area contributed by atoms with Crippen molar-refractivity contribution in [2.24, 2.45) is 5.92 Å². The monoisotopic (exact) mass is 360 g/mol. The van der Waals surface area contributed by atoms with Crippen LogP contribution >= 0.6 is 0 Å². The summed E-state index contributed by atoms with van der Waals surface area (Å²) in [6, 6.07) is 0. The van der Waals surface area contributed by atoms with Crippen LogP contribution in [0.2, 0.25) is 3.12 Å². The van der Waals surface area contributed by atoms with E-state index in [1.54, 1.807) is 8.85 Å². The Balaban J connectivity index is 0.00000144. The zero-order valence-corrected chi connectivity index (χ0v) is 15.2. The van der Waals surface area contributed by atoms with Crippen LogP contribution in [0, 0.1) is 5.92 Å². The maximum Gasteiger partial charge on any atom is -1.00 e. The maximum atomic E-state index is 2.54. The molecule has 98 valence electrons. The summed E-state index contributed by atoms with van der Waals surface area (Å²) in [5, 5.41) is 0. The molecule has 0 fully saturated rings. The van der Waals surface area contributed by atoms with Crippen LogP contribution in [-0.2, 0) is 23.2 Å². The number of allylic oxidation sites excluding steroid dienone is 8. The van der Waals surface area contributed by atoms with E-state index in [0.29, 0.717) is 3.12 Å². The van der Waals surface area contributed by atoms with E-state index in [-0.39, 0.29) is 24.8 Å². The van der Waals surface area contributed by atoms with Crippen LogP contribution in [0.15, 0.2) is 45.3 Å². The zero-order chi connectivity index (χ0) is 11.6. The van der Waals surface area contributed by atoms with E-state index in [0.717, 1.165) is 5.92 Å². The Hall–Kier alpha value is 0.423. The number of hydrogen-bond acceptors (Lipinski definition) is 0. The molecule has 0 aromatic heterocycles. The number of halogens is 2. The molecule has 0 heterocycles. The van der Waals surface area contributed by atoms with Gasteiger partial charge in [0.05, 0.1) is 0 Å². The number of hydrogen-bond donors (Lipinski definition) is 0. The van der Waals surface area contributed by atoms with Crippen LogP contribution in [0.25, 0.3) is 0 Å². The van der Waals surface area contributed by atoms with Crippen molar-refractivity contribution in [3.05, 3.63) is 45.3 Å². The Bertz CT molecular complexity index is 391. The summed E-state index contributed by atoms with van der Waals surface area (Å²) in [6.07, 6.45) is 16.7. The molecule has 0 spiro atoms. The van der Waals surface area contributed by atoms with Gasteiger partial charge in [0.1, 0.15) is 0 Å². The van der Waals surface area contributed by atoms with Crippen molar-refractivity contribution in [3.8, 4) is 0 Å². The summed E-state index contributed by atoms with van der Waals surface area (Å²) in [5.41, 5.74) is 1.56. The second kappa shape index (κ2) is 7.88. The van der Waals surface area contributed by atoms with Gasteiger partial charge in [-0.3, -0.25) is 0 Å². The molecule has 3 heteroatoms. The summed E-state index contributed by atoms with van der Waals surface area (Å²) >= 11 is -0.463. The van der Waals surface area contributed by atoms with Crippen LogP contribution in [0.4, 0.5) is 0 Å². The van der Waals surface area contributed by atoms with Crippen LogP contribution in [0.3, 0.4) is 0 Å². The first-order valence-electron chi connectivity index (χ1n) is 6.12. The quantitative estimate of drug-likeness (QED) is 0.580. The van der Waals surface area contributed by atoms with E-state index >= 15 is 0 Å². The Morgan fingerprint density at radius 3 is 2.61 bits per heavy atom. The Labute approximate surface area is 135 Å². The molecule has 1 unspecified atom stereocenters. The molecule has 0 saturated heterocycles. The summed E-state index contributed by atoms with van der Waals surface area (Å²) in [7, 11) is 0. The molecular weight excluding hydrogens is 342 g/mol. The van der Waals surface area contributed by atoms with Gasteiger partial charge in [-0.1, -0.05) is 0 Å². The van der Waals surface area contributed by atoms with Crippen LogP contribution in [0.1, 0.15) is 33.6 Å². The van der Waals surface area contributed by atoms with Gasteiger partial charge in [0.25, 0.3) is 0 Å². The molecule has 2 aliphatic carbocycles. The molecule has 0 aromatic rings. The molecule has 0 aliphatic heterocycles. The fraction of sp³-hybridized carbons (Fsp3) is 0.467. The maximum absolute atomic E-state index is 2.54. The summed E-state index contributed by atoms with van der Waals surface area (Å²) in [5.74, 6) is 0.774. The van der Waals surface area contributed by atoms with E-state index in [1.807, 2.05) is 0 Å². The number of rotatable bonds is 4. The van der Waals surface area contributed by atoms with E-state index < -0.39 is 23.2 Å². The molecule has 0 aromatic carbocycles. The molecule has 0 saturated carbocycles. The average molecular weight is 362 g/mol. The molecule has 0 nitrogen and oxygen atoms in total. The second-order valence-electron chi connectivity index (χ2n) is 5.38. The van der Waals surface area contributed by atoms with Crippen molar-refractivity contribution in [2.45, 2.75) is 36.7 Å². The second-order valence-corrected chi connectivity index (χ2v) is 10.2. The third-order valence-electron chi connectivity index (χ3n) is 2.97. The zero-order valence-electron chi connectivity index (χ0n) is 11.2. The fourth-order valence-electron chi connectivity index (χ4n) is 2.32. The van der Waals surface area contributed by atoms with Crippen molar-refractivity contribution in [1.29, 1.82) is 0 Å². The van der Waals surface area contributed by atoms with Crippen LogP contribution in [0.5, 0.6) is 0 Å². The topological polar surface area (TPSA) is 0 Å². The van der Waals surface area contributed by atoms with Crippen LogP contribution < -0.4 is 24.8 Å². The molecule has 0 bridgehead atoms. The van der Waals surface area contributed by atoms with Crippen molar-refractivity contribution >= 4 is 0 Å². The van der Waals surface area contributed by atoms with E-state index in [4.69, 9.17) is 0 Å². The van der Waals surface area contributed by atoms with Gasteiger partial charge >= 0.3 is 111 Å². The predicted molar refractivity (Wildman–Crippen MR) is 66.9 cm³/mol. The van der Waals surface area contributed by atoms with Gasteiger partial charge in [0.2, 0.25) is 0 Å². The molecule has 18 heavy (non-hydrogen) atoms. The molecular formula is C15H20Cl2Zr. The van der Waals surface area contributed by atoms with Gasteiger partial charge in [0, 0.05) is 0 Å². The fourth-order valence-corrected chi connectivity index (χ4v) is 6.05. The first kappa shape index (κ1) is 18.4. The van der Waals surface area contributed by atoms with Gasteiger partial charge in [-0.05, 0) is 0 Å². The Kier molecular flexibility index (Phi) is 8.06. The van der Waals surface area contributed by atoms with Crippen molar-refractivity contribution in [1.82, 2.24) is 0 Å². The van der Waals surface area contributed by atoms with Crippen LogP contribution in [-0.4, -0.2) is 0 Å². The van der Waals surface area contributed by atoms with E-state index in [1.165, 1.54) is 12.8 Å². The summed E-state index contributed by atoms with van der Waals surface area (Å²) in [4.78, 5) is 0.